The van der Waals surface area contributed by atoms with Crippen LogP contribution in [0.4, 0.5) is 0 Å². The van der Waals surface area contributed by atoms with Gasteiger partial charge >= 0.3 is 0 Å². The summed E-state index contributed by atoms with van der Waals surface area (Å²) in [5, 5.41) is 0.698. The van der Waals surface area contributed by atoms with Crippen LogP contribution in [0.15, 0.2) is 66.7 Å². The molecule has 1 fully saturated rings. The molecule has 0 saturated heterocycles. The van der Waals surface area contributed by atoms with Gasteiger partial charge in [0.1, 0.15) is 0 Å². The van der Waals surface area contributed by atoms with Crippen molar-refractivity contribution >= 4 is 22.6 Å². The highest BCUT2D eigenvalue weighted by atomic mass is 35.5. The first-order valence-corrected chi connectivity index (χ1v) is 9.95. The number of aromatic amines is 1. The van der Waals surface area contributed by atoms with E-state index in [-0.39, 0.29) is 0 Å². The van der Waals surface area contributed by atoms with Crippen LogP contribution in [0.1, 0.15) is 19.8 Å². The minimum Gasteiger partial charge on any atom is -0.464 e. The third-order valence-corrected chi connectivity index (χ3v) is 5.83. The molecule has 0 aliphatic heterocycles. The molecule has 1 aromatic heterocycles. The predicted octanol–water partition coefficient (Wildman–Crippen LogP) is 6.73. The molecule has 0 bridgehead atoms. The second-order valence-electron chi connectivity index (χ2n) is 7.93. The number of benzene rings is 3. The van der Waals surface area contributed by atoms with Gasteiger partial charge in [0.15, 0.2) is 0 Å². The number of nitrogens with zero attached hydrogens (tertiary/aromatic N) is 1. The van der Waals surface area contributed by atoms with Gasteiger partial charge in [-0.3, -0.25) is 0 Å². The molecule has 1 heterocycles. The SMILES string of the molecule is CC1(COc2nc3cc(-c4ccc(-c5ccccc5)cc4)c(Cl)cc3[nH]2)CC1. The first-order valence-electron chi connectivity index (χ1n) is 9.58. The minimum atomic E-state index is 0.322. The van der Waals surface area contributed by atoms with Crippen molar-refractivity contribution in [2.24, 2.45) is 5.41 Å². The van der Waals surface area contributed by atoms with Crippen LogP contribution in [0, 0.1) is 5.41 Å². The zero-order valence-electron chi connectivity index (χ0n) is 15.7. The summed E-state index contributed by atoms with van der Waals surface area (Å²) in [6.07, 6.45) is 2.45. The number of aromatic nitrogens is 2. The van der Waals surface area contributed by atoms with Crippen molar-refractivity contribution in [2.45, 2.75) is 19.8 Å². The molecule has 0 amide bonds. The first-order chi connectivity index (χ1) is 13.6. The van der Waals surface area contributed by atoms with E-state index in [1.54, 1.807) is 0 Å². The number of nitrogens with one attached hydrogen (secondary N) is 1. The van der Waals surface area contributed by atoms with Gasteiger partial charge in [-0.15, -0.1) is 0 Å². The van der Waals surface area contributed by atoms with Crippen LogP contribution in [-0.4, -0.2) is 16.6 Å². The second-order valence-corrected chi connectivity index (χ2v) is 8.34. The largest absolute Gasteiger partial charge is 0.464 e. The number of rotatable bonds is 5. The highest BCUT2D eigenvalue weighted by Gasteiger charge is 2.38. The van der Waals surface area contributed by atoms with Gasteiger partial charge in [-0.05, 0) is 41.7 Å². The van der Waals surface area contributed by atoms with Gasteiger partial charge in [0.2, 0.25) is 0 Å². The highest BCUT2D eigenvalue weighted by molar-refractivity contribution is 6.34. The third-order valence-electron chi connectivity index (χ3n) is 5.51. The van der Waals surface area contributed by atoms with Crippen LogP contribution in [0.2, 0.25) is 5.02 Å². The fourth-order valence-corrected chi connectivity index (χ4v) is 3.64. The number of ether oxygens (including phenoxy) is 1. The van der Waals surface area contributed by atoms with E-state index in [0.29, 0.717) is 23.1 Å². The lowest BCUT2D eigenvalue weighted by Gasteiger charge is -2.07. The number of hydrogen-bond acceptors (Lipinski definition) is 2. The topological polar surface area (TPSA) is 37.9 Å². The van der Waals surface area contributed by atoms with Crippen molar-refractivity contribution in [1.82, 2.24) is 9.97 Å². The molecule has 3 nitrogen and oxygen atoms in total. The van der Waals surface area contributed by atoms with Crippen LogP contribution < -0.4 is 4.74 Å². The molecule has 4 heteroatoms. The number of imidazole rings is 1. The molecule has 1 N–H and O–H groups in total. The van der Waals surface area contributed by atoms with Crippen molar-refractivity contribution in [3.8, 4) is 28.3 Å². The summed E-state index contributed by atoms with van der Waals surface area (Å²) < 4.78 is 5.86. The Balaban J connectivity index is 1.44. The Hall–Kier alpha value is -2.78. The van der Waals surface area contributed by atoms with Crippen LogP contribution in [0.5, 0.6) is 6.01 Å². The van der Waals surface area contributed by atoms with Crippen molar-refractivity contribution < 1.29 is 4.74 Å². The Kier molecular flexibility index (Phi) is 4.13. The molecule has 1 aliphatic rings. The second kappa shape index (κ2) is 6.68. The molecular formula is C24H21ClN2O. The molecule has 0 radical (unpaired) electrons. The summed E-state index contributed by atoms with van der Waals surface area (Å²) in [5.74, 6) is 0. The van der Waals surface area contributed by atoms with Crippen LogP contribution >= 0.6 is 11.6 Å². The average molecular weight is 389 g/mol. The van der Waals surface area contributed by atoms with Crippen LogP contribution in [0.3, 0.4) is 0 Å². The van der Waals surface area contributed by atoms with E-state index in [2.05, 4.69) is 65.4 Å². The van der Waals surface area contributed by atoms with Gasteiger partial charge < -0.3 is 9.72 Å². The maximum absolute atomic E-state index is 6.57. The molecule has 1 saturated carbocycles. The summed E-state index contributed by atoms with van der Waals surface area (Å²) >= 11 is 6.57. The number of H-pyrrole nitrogens is 1. The molecule has 4 aromatic rings. The maximum Gasteiger partial charge on any atom is 0.294 e. The Bertz CT molecular complexity index is 1130. The zero-order chi connectivity index (χ0) is 19.1. The summed E-state index contributed by atoms with van der Waals surface area (Å²) in [7, 11) is 0. The Morgan fingerprint density at radius 3 is 2.36 bits per heavy atom. The lowest BCUT2D eigenvalue weighted by atomic mass is 10.00. The number of hydrogen-bond donors (Lipinski definition) is 1. The standard InChI is InChI=1S/C24H21ClN2O/c1-24(11-12-24)15-28-23-26-21-13-19(20(25)14-22(21)27-23)18-9-7-17(8-10-18)16-5-3-2-4-6-16/h2-10,13-14H,11-12,15H2,1H3,(H,26,27). The fraction of sp³-hybridized carbons (Fsp3) is 0.208. The summed E-state index contributed by atoms with van der Waals surface area (Å²) in [5.41, 5.74) is 6.51. The molecule has 1 aliphatic carbocycles. The number of halogens is 1. The predicted molar refractivity (Wildman–Crippen MR) is 115 cm³/mol. The maximum atomic E-state index is 6.57. The molecule has 0 spiro atoms. The van der Waals surface area contributed by atoms with Crippen molar-refractivity contribution in [3.05, 3.63) is 71.8 Å². The Morgan fingerprint density at radius 2 is 1.64 bits per heavy atom. The van der Waals surface area contributed by atoms with E-state index in [4.69, 9.17) is 16.3 Å². The van der Waals surface area contributed by atoms with Gasteiger partial charge in [-0.2, -0.15) is 4.98 Å². The van der Waals surface area contributed by atoms with Gasteiger partial charge in [0.05, 0.1) is 22.7 Å². The molecule has 140 valence electrons. The molecular weight excluding hydrogens is 368 g/mol. The van der Waals surface area contributed by atoms with Gasteiger partial charge in [-0.1, -0.05) is 73.1 Å². The smallest absolute Gasteiger partial charge is 0.294 e. The molecule has 28 heavy (non-hydrogen) atoms. The van der Waals surface area contributed by atoms with E-state index in [1.165, 1.54) is 24.0 Å². The fourth-order valence-electron chi connectivity index (χ4n) is 3.37. The Labute approximate surface area is 169 Å². The summed E-state index contributed by atoms with van der Waals surface area (Å²) in [6, 6.07) is 23.3. The van der Waals surface area contributed by atoms with E-state index >= 15 is 0 Å². The van der Waals surface area contributed by atoms with Crippen LogP contribution in [0.25, 0.3) is 33.3 Å². The van der Waals surface area contributed by atoms with Gasteiger partial charge in [0.25, 0.3) is 6.01 Å². The normalized spacial score (nSPS) is 14.9. The van der Waals surface area contributed by atoms with E-state index in [1.807, 2.05) is 18.2 Å². The zero-order valence-corrected chi connectivity index (χ0v) is 16.5. The molecule has 5 rings (SSSR count). The third kappa shape index (κ3) is 3.38. The monoisotopic (exact) mass is 388 g/mol. The van der Waals surface area contributed by atoms with Crippen molar-refractivity contribution in [3.63, 3.8) is 0 Å². The van der Waals surface area contributed by atoms with Crippen molar-refractivity contribution in [1.29, 1.82) is 0 Å². The first kappa shape index (κ1) is 17.3. The summed E-state index contributed by atoms with van der Waals surface area (Å²) in [4.78, 5) is 7.83. The summed E-state index contributed by atoms with van der Waals surface area (Å²) in [6.45, 7) is 2.94. The van der Waals surface area contributed by atoms with Crippen molar-refractivity contribution in [2.75, 3.05) is 6.61 Å². The molecule has 0 atom stereocenters. The van der Waals surface area contributed by atoms with Crippen LogP contribution in [-0.2, 0) is 0 Å². The average Bonchev–Trinajstić information content (AvgIpc) is 3.33. The van der Waals surface area contributed by atoms with E-state index in [9.17, 15) is 0 Å². The number of fused-ring (bicyclic) bond motifs is 1. The molecule has 0 unspecified atom stereocenters. The Morgan fingerprint density at radius 1 is 0.964 bits per heavy atom. The quantitative estimate of drug-likeness (QED) is 0.411. The van der Waals surface area contributed by atoms with E-state index in [0.717, 1.165) is 22.2 Å². The van der Waals surface area contributed by atoms with Gasteiger partial charge in [0, 0.05) is 11.0 Å². The molecule has 3 aromatic carbocycles. The lowest BCUT2D eigenvalue weighted by molar-refractivity contribution is 0.232. The van der Waals surface area contributed by atoms with Gasteiger partial charge in [-0.25, -0.2) is 0 Å². The minimum absolute atomic E-state index is 0.322. The highest BCUT2D eigenvalue weighted by Crippen LogP contribution is 2.45. The lowest BCUT2D eigenvalue weighted by Crippen LogP contribution is -2.09. The van der Waals surface area contributed by atoms with E-state index < -0.39 is 0 Å².